The fourth-order valence-corrected chi connectivity index (χ4v) is 2.43. The number of hydrogen-bond donors (Lipinski definition) is 1. The van der Waals surface area contributed by atoms with E-state index in [0.29, 0.717) is 11.3 Å². The van der Waals surface area contributed by atoms with Gasteiger partial charge in [-0.25, -0.2) is 4.79 Å². The summed E-state index contributed by atoms with van der Waals surface area (Å²) in [5, 5.41) is 2.76. The molecule has 0 heterocycles. The van der Waals surface area contributed by atoms with Crippen LogP contribution >= 0.6 is 0 Å². The number of alkyl halides is 2. The van der Waals surface area contributed by atoms with Crippen molar-refractivity contribution >= 4 is 23.6 Å². The van der Waals surface area contributed by atoms with E-state index >= 15 is 0 Å². The predicted molar refractivity (Wildman–Crippen MR) is 102 cm³/mol. The fraction of sp³-hybridized carbons (Fsp3) is 0.238. The zero-order valence-corrected chi connectivity index (χ0v) is 15.7. The Balaban J connectivity index is 1.91. The van der Waals surface area contributed by atoms with E-state index in [1.165, 1.54) is 37.3 Å². The average Bonchev–Trinajstić information content (AvgIpc) is 2.63. The van der Waals surface area contributed by atoms with Crippen molar-refractivity contribution in [1.29, 1.82) is 0 Å². The normalized spacial score (nSPS) is 12.1. The second kappa shape index (κ2) is 9.64. The molecule has 0 aliphatic heterocycles. The van der Waals surface area contributed by atoms with Crippen molar-refractivity contribution < 1.29 is 27.8 Å². The highest BCUT2D eigenvalue weighted by Gasteiger charge is 2.18. The van der Waals surface area contributed by atoms with Gasteiger partial charge in [-0.1, -0.05) is 30.3 Å². The molecule has 2 aromatic carbocycles. The van der Waals surface area contributed by atoms with Crippen molar-refractivity contribution in [2.75, 3.05) is 5.32 Å². The number of para-hydroxylation sites is 1. The Bertz CT molecular complexity index is 843. The molecule has 148 valence electrons. The third kappa shape index (κ3) is 6.19. The molecule has 5 nitrogen and oxygen atoms in total. The maximum Gasteiger partial charge on any atom is 0.387 e. The van der Waals surface area contributed by atoms with Gasteiger partial charge in [-0.05, 0) is 55.7 Å². The summed E-state index contributed by atoms with van der Waals surface area (Å²) in [6, 6.07) is 11.4. The van der Waals surface area contributed by atoms with Crippen LogP contribution in [0.3, 0.4) is 0 Å². The number of anilines is 1. The number of halogens is 2. The number of hydrogen-bond acceptors (Lipinski definition) is 4. The van der Waals surface area contributed by atoms with Gasteiger partial charge in [0.25, 0.3) is 5.91 Å². The molecule has 0 radical (unpaired) electrons. The Morgan fingerprint density at radius 3 is 2.21 bits per heavy atom. The minimum atomic E-state index is -2.90. The maximum atomic E-state index is 12.3. The molecule has 0 unspecified atom stereocenters. The van der Waals surface area contributed by atoms with Crippen molar-refractivity contribution in [2.24, 2.45) is 0 Å². The van der Waals surface area contributed by atoms with Gasteiger partial charge in [0.2, 0.25) is 0 Å². The summed E-state index contributed by atoms with van der Waals surface area (Å²) in [4.78, 5) is 24.2. The molecule has 0 saturated carbocycles. The lowest BCUT2D eigenvalue weighted by molar-refractivity contribution is -0.148. The summed E-state index contributed by atoms with van der Waals surface area (Å²) in [5.41, 5.74) is 3.10. The second-order valence-electron chi connectivity index (χ2n) is 6.12. The van der Waals surface area contributed by atoms with Crippen molar-refractivity contribution in [3.8, 4) is 5.75 Å². The van der Waals surface area contributed by atoms with Gasteiger partial charge >= 0.3 is 12.6 Å². The van der Waals surface area contributed by atoms with Crippen LogP contribution in [0.15, 0.2) is 48.5 Å². The van der Waals surface area contributed by atoms with Gasteiger partial charge in [-0.2, -0.15) is 8.78 Å². The number of nitrogens with one attached hydrogen (secondary N) is 1. The molecule has 1 atom stereocenters. The molecule has 2 rings (SSSR count). The zero-order chi connectivity index (χ0) is 20.7. The predicted octanol–water partition coefficient (Wildman–Crippen LogP) is 4.49. The first-order valence-electron chi connectivity index (χ1n) is 8.57. The molecule has 28 heavy (non-hydrogen) atoms. The number of carbonyl (C=O) groups is 2. The minimum Gasteiger partial charge on any atom is -0.449 e. The Morgan fingerprint density at radius 2 is 1.64 bits per heavy atom. The van der Waals surface area contributed by atoms with Crippen LogP contribution < -0.4 is 10.1 Å². The minimum absolute atomic E-state index is 0.0199. The van der Waals surface area contributed by atoms with E-state index in [2.05, 4.69) is 10.1 Å². The lowest BCUT2D eigenvalue weighted by Gasteiger charge is -2.15. The van der Waals surface area contributed by atoms with Crippen LogP contribution in [0.1, 0.15) is 23.6 Å². The van der Waals surface area contributed by atoms with Gasteiger partial charge in [0.05, 0.1) is 0 Å². The summed E-state index contributed by atoms with van der Waals surface area (Å²) < 4.78 is 33.6. The monoisotopic (exact) mass is 389 g/mol. The third-order valence-corrected chi connectivity index (χ3v) is 3.91. The average molecular weight is 389 g/mol. The Hall–Kier alpha value is -3.22. The first-order valence-corrected chi connectivity index (χ1v) is 8.57. The van der Waals surface area contributed by atoms with Crippen LogP contribution in [-0.2, 0) is 14.3 Å². The van der Waals surface area contributed by atoms with Crippen LogP contribution in [0.4, 0.5) is 14.5 Å². The molecular weight excluding hydrogens is 368 g/mol. The fourth-order valence-electron chi connectivity index (χ4n) is 2.43. The topological polar surface area (TPSA) is 64.6 Å². The molecule has 0 fully saturated rings. The quantitative estimate of drug-likeness (QED) is 0.560. The number of benzene rings is 2. The smallest absolute Gasteiger partial charge is 0.387 e. The lowest BCUT2D eigenvalue weighted by Crippen LogP contribution is -2.30. The molecule has 1 amide bonds. The number of rotatable bonds is 7. The number of ether oxygens (including phenoxy) is 2. The number of carbonyl (C=O) groups excluding carboxylic acids is 2. The SMILES string of the molecule is Cc1cccc(C)c1NC(=O)[C@H](C)OC(=O)/C=C/c1ccc(OC(F)F)cc1. The van der Waals surface area contributed by atoms with Crippen molar-refractivity contribution in [2.45, 2.75) is 33.5 Å². The summed E-state index contributed by atoms with van der Waals surface area (Å²) in [6.45, 7) is 2.33. The van der Waals surface area contributed by atoms with E-state index < -0.39 is 24.6 Å². The van der Waals surface area contributed by atoms with Crippen molar-refractivity contribution in [3.63, 3.8) is 0 Å². The van der Waals surface area contributed by atoms with Crippen LogP contribution in [0.2, 0.25) is 0 Å². The first kappa shape index (κ1) is 21.1. The van der Waals surface area contributed by atoms with E-state index in [0.717, 1.165) is 17.2 Å². The molecule has 2 aromatic rings. The highest BCUT2D eigenvalue weighted by molar-refractivity contribution is 5.97. The highest BCUT2D eigenvalue weighted by atomic mass is 19.3. The molecule has 0 saturated heterocycles. The van der Waals surface area contributed by atoms with Gasteiger partial charge in [0.1, 0.15) is 5.75 Å². The van der Waals surface area contributed by atoms with Gasteiger partial charge < -0.3 is 14.8 Å². The van der Waals surface area contributed by atoms with Crippen LogP contribution in [0.5, 0.6) is 5.75 Å². The summed E-state index contributed by atoms with van der Waals surface area (Å²) in [6.07, 6.45) is 1.62. The Labute approximate surface area is 162 Å². The van der Waals surface area contributed by atoms with E-state index in [4.69, 9.17) is 4.74 Å². The van der Waals surface area contributed by atoms with E-state index in [1.807, 2.05) is 32.0 Å². The Morgan fingerprint density at radius 1 is 1.04 bits per heavy atom. The largest absolute Gasteiger partial charge is 0.449 e. The molecule has 1 N–H and O–H groups in total. The molecule has 0 spiro atoms. The molecule has 0 aromatic heterocycles. The standard InChI is InChI=1S/C21H21F2NO4/c1-13-5-4-6-14(2)19(13)24-20(26)15(3)27-18(25)12-9-16-7-10-17(11-8-16)28-21(22)23/h4-12,15,21H,1-3H3,(H,24,26)/b12-9+/t15-/m0/s1. The maximum absolute atomic E-state index is 12.3. The summed E-state index contributed by atoms with van der Waals surface area (Å²) >= 11 is 0. The summed E-state index contributed by atoms with van der Waals surface area (Å²) in [7, 11) is 0. The second-order valence-corrected chi connectivity index (χ2v) is 6.12. The zero-order valence-electron chi connectivity index (χ0n) is 15.7. The van der Waals surface area contributed by atoms with Crippen molar-refractivity contribution in [1.82, 2.24) is 0 Å². The van der Waals surface area contributed by atoms with Crippen molar-refractivity contribution in [3.05, 3.63) is 65.2 Å². The molecule has 0 aliphatic carbocycles. The molecule has 7 heteroatoms. The van der Waals surface area contributed by atoms with Gasteiger partial charge in [-0.15, -0.1) is 0 Å². The van der Waals surface area contributed by atoms with Gasteiger partial charge in [-0.3, -0.25) is 4.79 Å². The first-order chi connectivity index (χ1) is 13.3. The van der Waals surface area contributed by atoms with E-state index in [-0.39, 0.29) is 5.75 Å². The number of aryl methyl sites for hydroxylation is 2. The van der Waals surface area contributed by atoms with Crippen LogP contribution in [0.25, 0.3) is 6.08 Å². The van der Waals surface area contributed by atoms with Gasteiger partial charge in [0, 0.05) is 11.8 Å². The third-order valence-electron chi connectivity index (χ3n) is 3.91. The number of esters is 1. The lowest BCUT2D eigenvalue weighted by atomic mass is 10.1. The van der Waals surface area contributed by atoms with E-state index in [9.17, 15) is 18.4 Å². The summed E-state index contributed by atoms with van der Waals surface area (Å²) in [5.74, 6) is -1.11. The van der Waals surface area contributed by atoms with Crippen LogP contribution in [-0.4, -0.2) is 24.6 Å². The molecule has 0 bridgehead atoms. The van der Waals surface area contributed by atoms with Gasteiger partial charge in [0.15, 0.2) is 6.10 Å². The number of amides is 1. The highest BCUT2D eigenvalue weighted by Crippen LogP contribution is 2.20. The molecular formula is C21H21F2NO4. The van der Waals surface area contributed by atoms with E-state index in [1.54, 1.807) is 0 Å². The van der Waals surface area contributed by atoms with Crippen LogP contribution in [0, 0.1) is 13.8 Å². The Kier molecular flexibility index (Phi) is 7.26. The molecule has 0 aliphatic rings.